The first-order chi connectivity index (χ1) is 8.47. The van der Waals surface area contributed by atoms with Crippen LogP contribution in [0.25, 0.3) is 0 Å². The molecule has 0 spiro atoms. The van der Waals surface area contributed by atoms with Crippen molar-refractivity contribution in [3.05, 3.63) is 0 Å². The van der Waals surface area contributed by atoms with Crippen LogP contribution < -0.4 is 5.32 Å². The van der Waals surface area contributed by atoms with Gasteiger partial charge in [0.2, 0.25) is 0 Å². The Kier molecular flexibility index (Phi) is 9.70. The molecule has 0 aromatic rings. The van der Waals surface area contributed by atoms with Crippen molar-refractivity contribution in [3.63, 3.8) is 0 Å². The van der Waals surface area contributed by atoms with Crippen LogP contribution in [0.1, 0.15) is 60.3 Å². The van der Waals surface area contributed by atoms with Crippen molar-refractivity contribution in [1.29, 1.82) is 0 Å². The van der Waals surface area contributed by atoms with Crippen LogP contribution in [-0.2, 0) is 4.74 Å². The van der Waals surface area contributed by atoms with Crippen LogP contribution in [-0.4, -0.2) is 36.5 Å². The highest BCUT2D eigenvalue weighted by Crippen LogP contribution is 2.13. The van der Waals surface area contributed by atoms with E-state index in [2.05, 4.69) is 39.9 Å². The van der Waals surface area contributed by atoms with Crippen LogP contribution in [0.2, 0.25) is 0 Å². The predicted molar refractivity (Wildman–Crippen MR) is 77.9 cm³/mol. The maximum atomic E-state index is 9.45. The Bertz CT molecular complexity index is 193. The molecule has 1 atom stereocenters. The molecule has 18 heavy (non-hydrogen) atoms. The molecule has 0 aliphatic rings. The molecule has 0 aromatic heterocycles. The zero-order valence-corrected chi connectivity index (χ0v) is 13.0. The summed E-state index contributed by atoms with van der Waals surface area (Å²) in [5.74, 6) is 0.697. The molecule has 110 valence electrons. The second kappa shape index (κ2) is 9.76. The maximum absolute atomic E-state index is 9.45. The fourth-order valence-corrected chi connectivity index (χ4v) is 2.23. The molecule has 0 fully saturated rings. The molecule has 0 aromatic carbocycles. The first-order valence-electron chi connectivity index (χ1n) is 7.43. The minimum absolute atomic E-state index is 0.174. The summed E-state index contributed by atoms with van der Waals surface area (Å²) < 4.78 is 5.71. The number of aliphatic hydroxyl groups excluding tert-OH is 1. The van der Waals surface area contributed by atoms with Gasteiger partial charge in [-0.25, -0.2) is 0 Å². The molecule has 0 heterocycles. The van der Waals surface area contributed by atoms with Crippen molar-refractivity contribution >= 4 is 0 Å². The van der Waals surface area contributed by atoms with Gasteiger partial charge >= 0.3 is 0 Å². The molecular weight excluding hydrogens is 226 g/mol. The maximum Gasteiger partial charge on any atom is 0.0610 e. The smallest absolute Gasteiger partial charge is 0.0610 e. The largest absolute Gasteiger partial charge is 0.394 e. The molecule has 1 unspecified atom stereocenters. The molecule has 0 saturated heterocycles. The summed E-state index contributed by atoms with van der Waals surface area (Å²) in [5.41, 5.74) is -0.174. The second-order valence-corrected chi connectivity index (χ2v) is 5.88. The number of hydrogen-bond acceptors (Lipinski definition) is 3. The van der Waals surface area contributed by atoms with Gasteiger partial charge in [0, 0.05) is 24.8 Å². The van der Waals surface area contributed by atoms with Crippen molar-refractivity contribution in [2.24, 2.45) is 5.92 Å². The highest BCUT2D eigenvalue weighted by atomic mass is 16.5. The third-order valence-corrected chi connectivity index (χ3v) is 3.51. The van der Waals surface area contributed by atoms with Crippen LogP contribution >= 0.6 is 0 Å². The minimum Gasteiger partial charge on any atom is -0.394 e. The average molecular weight is 259 g/mol. The van der Waals surface area contributed by atoms with Crippen LogP contribution in [0.4, 0.5) is 0 Å². The zero-order valence-electron chi connectivity index (χ0n) is 13.0. The van der Waals surface area contributed by atoms with E-state index in [0.29, 0.717) is 12.0 Å². The summed E-state index contributed by atoms with van der Waals surface area (Å²) >= 11 is 0. The minimum atomic E-state index is -0.174. The monoisotopic (exact) mass is 259 g/mol. The summed E-state index contributed by atoms with van der Waals surface area (Å²) in [7, 11) is 0. The summed E-state index contributed by atoms with van der Waals surface area (Å²) in [5, 5.41) is 12.9. The number of hydrogen-bond donors (Lipinski definition) is 2. The van der Waals surface area contributed by atoms with Gasteiger partial charge in [0.1, 0.15) is 0 Å². The first-order valence-corrected chi connectivity index (χ1v) is 7.43. The molecule has 0 radical (unpaired) electrons. The molecule has 0 amide bonds. The Labute approximate surface area is 113 Å². The molecule has 0 aliphatic heterocycles. The number of rotatable bonds is 11. The lowest BCUT2D eigenvalue weighted by Crippen LogP contribution is -2.49. The van der Waals surface area contributed by atoms with Gasteiger partial charge in [-0.2, -0.15) is 0 Å². The zero-order chi connectivity index (χ0) is 14.0. The van der Waals surface area contributed by atoms with E-state index in [1.165, 1.54) is 12.8 Å². The van der Waals surface area contributed by atoms with Gasteiger partial charge in [0.15, 0.2) is 0 Å². The van der Waals surface area contributed by atoms with Crippen LogP contribution in [0.3, 0.4) is 0 Å². The van der Waals surface area contributed by atoms with Crippen molar-refractivity contribution < 1.29 is 9.84 Å². The third kappa shape index (κ3) is 8.06. The second-order valence-electron chi connectivity index (χ2n) is 5.88. The topological polar surface area (TPSA) is 41.5 Å². The molecule has 0 aliphatic carbocycles. The number of ether oxygens (including phenoxy) is 1. The van der Waals surface area contributed by atoms with Gasteiger partial charge in [0.25, 0.3) is 0 Å². The Morgan fingerprint density at radius 2 is 1.83 bits per heavy atom. The van der Waals surface area contributed by atoms with E-state index in [4.69, 9.17) is 4.74 Å². The Morgan fingerprint density at radius 3 is 2.28 bits per heavy atom. The Hall–Kier alpha value is -0.120. The summed E-state index contributed by atoms with van der Waals surface area (Å²) in [6.07, 6.45) is 4.33. The van der Waals surface area contributed by atoms with E-state index >= 15 is 0 Å². The summed E-state index contributed by atoms with van der Waals surface area (Å²) in [4.78, 5) is 0. The standard InChI is InChI=1S/C15H33NO2/c1-6-14(7-2)11-18-10-8-9-15(5,12-17)16-13(3)4/h13-14,16-17H,6-12H2,1-5H3. The van der Waals surface area contributed by atoms with Gasteiger partial charge in [-0.15, -0.1) is 0 Å². The van der Waals surface area contributed by atoms with Crippen molar-refractivity contribution in [1.82, 2.24) is 5.32 Å². The number of nitrogens with one attached hydrogen (secondary N) is 1. The normalized spacial score (nSPS) is 15.3. The molecule has 0 bridgehead atoms. The molecule has 2 N–H and O–H groups in total. The van der Waals surface area contributed by atoms with Gasteiger partial charge in [-0.1, -0.05) is 40.5 Å². The highest BCUT2D eigenvalue weighted by molar-refractivity contribution is 4.83. The Balaban J connectivity index is 3.74. The predicted octanol–water partition coefficient (Wildman–Crippen LogP) is 2.97. The van der Waals surface area contributed by atoms with Gasteiger partial charge < -0.3 is 15.2 Å². The van der Waals surface area contributed by atoms with Gasteiger partial charge in [-0.3, -0.25) is 0 Å². The summed E-state index contributed by atoms with van der Waals surface area (Å²) in [6.45, 7) is 12.6. The van der Waals surface area contributed by atoms with Crippen molar-refractivity contribution in [2.45, 2.75) is 71.9 Å². The van der Waals surface area contributed by atoms with Crippen molar-refractivity contribution in [3.8, 4) is 0 Å². The lowest BCUT2D eigenvalue weighted by Gasteiger charge is -2.31. The fourth-order valence-electron chi connectivity index (χ4n) is 2.23. The lowest BCUT2D eigenvalue weighted by atomic mass is 9.96. The van der Waals surface area contributed by atoms with Gasteiger partial charge in [-0.05, 0) is 25.7 Å². The van der Waals surface area contributed by atoms with E-state index in [9.17, 15) is 5.11 Å². The van der Waals surface area contributed by atoms with Crippen LogP contribution in [0.15, 0.2) is 0 Å². The lowest BCUT2D eigenvalue weighted by molar-refractivity contribution is 0.0814. The Morgan fingerprint density at radius 1 is 1.22 bits per heavy atom. The molecule has 0 rings (SSSR count). The van der Waals surface area contributed by atoms with E-state index in [1.807, 2.05) is 0 Å². The van der Waals surface area contributed by atoms with Crippen molar-refractivity contribution in [2.75, 3.05) is 19.8 Å². The summed E-state index contributed by atoms with van der Waals surface area (Å²) in [6, 6.07) is 0.396. The van der Waals surface area contributed by atoms with Crippen LogP contribution in [0.5, 0.6) is 0 Å². The molecule has 3 nitrogen and oxygen atoms in total. The number of aliphatic hydroxyl groups is 1. The molecular formula is C15H33NO2. The van der Waals surface area contributed by atoms with Gasteiger partial charge in [0.05, 0.1) is 6.61 Å². The highest BCUT2D eigenvalue weighted by Gasteiger charge is 2.23. The SMILES string of the molecule is CCC(CC)COCCCC(C)(CO)NC(C)C. The first kappa shape index (κ1) is 17.9. The third-order valence-electron chi connectivity index (χ3n) is 3.51. The van der Waals surface area contributed by atoms with Crippen LogP contribution in [0, 0.1) is 5.92 Å². The van der Waals surface area contributed by atoms with E-state index in [1.54, 1.807) is 0 Å². The molecule has 0 saturated carbocycles. The van der Waals surface area contributed by atoms with E-state index in [0.717, 1.165) is 26.1 Å². The quantitative estimate of drug-likeness (QED) is 0.561. The van der Waals surface area contributed by atoms with E-state index < -0.39 is 0 Å². The average Bonchev–Trinajstić information content (AvgIpc) is 2.33. The fraction of sp³-hybridized carbons (Fsp3) is 1.00. The molecule has 3 heteroatoms. The van der Waals surface area contributed by atoms with E-state index in [-0.39, 0.29) is 12.1 Å².